The van der Waals surface area contributed by atoms with Crippen LogP contribution in [0.1, 0.15) is 11.7 Å². The minimum absolute atomic E-state index is 0.0780. The molecule has 1 atom stereocenters. The fourth-order valence-corrected chi connectivity index (χ4v) is 2.01. The molecule has 1 heterocycles. The smallest absolute Gasteiger partial charge is 0.255 e. The lowest BCUT2D eigenvalue weighted by molar-refractivity contribution is -0.130. The largest absolute Gasteiger partial charge is 0.497 e. The van der Waals surface area contributed by atoms with Crippen molar-refractivity contribution in [2.24, 2.45) is 0 Å². The van der Waals surface area contributed by atoms with Crippen LogP contribution >= 0.6 is 0 Å². The van der Waals surface area contributed by atoms with Crippen molar-refractivity contribution in [1.82, 2.24) is 10.2 Å². The lowest BCUT2D eigenvalue weighted by Gasteiger charge is -2.24. The Bertz CT molecular complexity index is 440. The predicted octanol–water partition coefficient (Wildman–Crippen LogP) is 1.39. The van der Waals surface area contributed by atoms with E-state index >= 15 is 0 Å². The molecule has 0 aromatic heterocycles. The summed E-state index contributed by atoms with van der Waals surface area (Å²) in [5.74, 6) is 0.314. The topological polar surface area (TPSA) is 41.6 Å². The first kappa shape index (κ1) is 12.8. The van der Waals surface area contributed by atoms with Crippen molar-refractivity contribution < 1.29 is 18.3 Å². The number of amides is 1. The summed E-state index contributed by atoms with van der Waals surface area (Å²) in [5, 5.41) is 2.92. The van der Waals surface area contributed by atoms with Gasteiger partial charge in [-0.1, -0.05) is 12.1 Å². The second-order valence-electron chi connectivity index (χ2n) is 4.00. The Morgan fingerprint density at radius 1 is 1.56 bits per heavy atom. The lowest BCUT2D eigenvalue weighted by Crippen LogP contribution is -2.34. The summed E-state index contributed by atoms with van der Waals surface area (Å²) in [6, 6.07) is 7.03. The number of carbonyl (C=O) groups excluding carboxylic acids is 1. The van der Waals surface area contributed by atoms with Crippen LogP contribution < -0.4 is 10.1 Å². The molecular weight excluding hydrogens is 242 g/mol. The molecule has 18 heavy (non-hydrogen) atoms. The molecule has 1 aromatic rings. The van der Waals surface area contributed by atoms with Gasteiger partial charge in [0.1, 0.15) is 11.9 Å². The molecule has 1 aliphatic heterocycles. The van der Waals surface area contributed by atoms with Crippen LogP contribution in [0.15, 0.2) is 24.3 Å². The molecule has 0 saturated carbocycles. The SMILES string of the molecule is COc1cccc(C2NCC(=O)N2CC(F)F)c1. The molecule has 2 rings (SSSR count). The van der Waals surface area contributed by atoms with Gasteiger partial charge in [0, 0.05) is 0 Å². The van der Waals surface area contributed by atoms with Crippen LogP contribution in [0, 0.1) is 0 Å². The van der Waals surface area contributed by atoms with Crippen molar-refractivity contribution in [3.8, 4) is 5.75 Å². The number of methoxy groups -OCH3 is 1. The van der Waals surface area contributed by atoms with Gasteiger partial charge in [-0.2, -0.15) is 0 Å². The van der Waals surface area contributed by atoms with E-state index in [0.29, 0.717) is 5.75 Å². The fraction of sp³-hybridized carbons (Fsp3) is 0.417. The average Bonchev–Trinajstić information content (AvgIpc) is 2.71. The Balaban J connectivity index is 2.22. The van der Waals surface area contributed by atoms with E-state index in [9.17, 15) is 13.6 Å². The van der Waals surface area contributed by atoms with Crippen LogP contribution in [-0.2, 0) is 4.79 Å². The first-order chi connectivity index (χ1) is 8.61. The Morgan fingerprint density at radius 3 is 3.00 bits per heavy atom. The zero-order valence-corrected chi connectivity index (χ0v) is 9.90. The number of carbonyl (C=O) groups is 1. The summed E-state index contributed by atoms with van der Waals surface area (Å²) in [5.41, 5.74) is 0.737. The molecule has 0 aliphatic carbocycles. The maximum Gasteiger partial charge on any atom is 0.255 e. The van der Waals surface area contributed by atoms with Crippen LogP contribution in [0.25, 0.3) is 0 Å². The van der Waals surface area contributed by atoms with Crippen molar-refractivity contribution in [3.63, 3.8) is 0 Å². The fourth-order valence-electron chi connectivity index (χ4n) is 2.01. The zero-order chi connectivity index (χ0) is 13.1. The highest BCUT2D eigenvalue weighted by atomic mass is 19.3. The summed E-state index contributed by atoms with van der Waals surface area (Å²) >= 11 is 0. The Morgan fingerprint density at radius 2 is 2.33 bits per heavy atom. The number of hydrogen-bond acceptors (Lipinski definition) is 3. The molecule has 1 aliphatic rings. The average molecular weight is 256 g/mol. The van der Waals surface area contributed by atoms with E-state index in [2.05, 4.69) is 5.32 Å². The van der Waals surface area contributed by atoms with Gasteiger partial charge in [0.25, 0.3) is 6.43 Å². The summed E-state index contributed by atoms with van der Waals surface area (Å²) in [4.78, 5) is 12.7. The maximum atomic E-state index is 12.4. The van der Waals surface area contributed by atoms with E-state index in [-0.39, 0.29) is 12.5 Å². The summed E-state index contributed by atoms with van der Waals surface area (Å²) in [6.07, 6.45) is -3.05. The number of rotatable bonds is 4. The minimum atomic E-state index is -2.54. The van der Waals surface area contributed by atoms with Gasteiger partial charge in [0.05, 0.1) is 20.2 Å². The van der Waals surface area contributed by atoms with E-state index in [1.54, 1.807) is 24.3 Å². The molecule has 1 aromatic carbocycles. The molecule has 4 nitrogen and oxygen atoms in total. The molecule has 0 radical (unpaired) electrons. The predicted molar refractivity (Wildman–Crippen MR) is 61.5 cm³/mol. The van der Waals surface area contributed by atoms with Crippen LogP contribution in [0.4, 0.5) is 8.78 Å². The molecule has 0 spiro atoms. The van der Waals surface area contributed by atoms with Crippen LogP contribution in [-0.4, -0.2) is 37.4 Å². The molecule has 1 amide bonds. The first-order valence-electron chi connectivity index (χ1n) is 5.57. The normalized spacial score (nSPS) is 19.7. The Hall–Kier alpha value is -1.69. The van der Waals surface area contributed by atoms with Gasteiger partial charge >= 0.3 is 0 Å². The number of nitrogens with one attached hydrogen (secondary N) is 1. The zero-order valence-electron chi connectivity index (χ0n) is 9.90. The van der Waals surface area contributed by atoms with E-state index < -0.39 is 19.1 Å². The van der Waals surface area contributed by atoms with Crippen molar-refractivity contribution in [3.05, 3.63) is 29.8 Å². The third-order valence-corrected chi connectivity index (χ3v) is 2.82. The van der Waals surface area contributed by atoms with Gasteiger partial charge < -0.3 is 9.64 Å². The van der Waals surface area contributed by atoms with E-state index in [0.717, 1.165) is 10.5 Å². The number of nitrogens with zero attached hydrogens (tertiary/aromatic N) is 1. The van der Waals surface area contributed by atoms with E-state index in [1.165, 1.54) is 7.11 Å². The molecule has 1 N–H and O–H groups in total. The van der Waals surface area contributed by atoms with Crippen LogP contribution in [0.3, 0.4) is 0 Å². The highest BCUT2D eigenvalue weighted by Gasteiger charge is 2.33. The molecule has 1 fully saturated rings. The third kappa shape index (κ3) is 2.59. The van der Waals surface area contributed by atoms with Gasteiger partial charge in [-0.15, -0.1) is 0 Å². The highest BCUT2D eigenvalue weighted by Crippen LogP contribution is 2.25. The number of alkyl halides is 2. The van der Waals surface area contributed by atoms with E-state index in [4.69, 9.17) is 4.74 Å². The standard InChI is InChI=1S/C12H14F2N2O2/c1-18-9-4-2-3-8(5-9)12-15-6-11(17)16(12)7-10(13)14/h2-5,10,12,15H,6-7H2,1H3. The minimum Gasteiger partial charge on any atom is -0.497 e. The van der Waals surface area contributed by atoms with Gasteiger partial charge in [-0.05, 0) is 17.7 Å². The Labute approximate surface area is 104 Å². The molecular formula is C12H14F2N2O2. The molecule has 1 unspecified atom stereocenters. The monoisotopic (exact) mass is 256 g/mol. The van der Waals surface area contributed by atoms with Crippen molar-refractivity contribution in [2.75, 3.05) is 20.2 Å². The summed E-state index contributed by atoms with van der Waals surface area (Å²) in [6.45, 7) is -0.484. The quantitative estimate of drug-likeness (QED) is 0.885. The summed E-state index contributed by atoms with van der Waals surface area (Å²) < 4.78 is 30.0. The first-order valence-corrected chi connectivity index (χ1v) is 5.57. The second kappa shape index (κ2) is 5.30. The van der Waals surface area contributed by atoms with Crippen molar-refractivity contribution in [2.45, 2.75) is 12.6 Å². The highest BCUT2D eigenvalue weighted by molar-refractivity contribution is 5.81. The van der Waals surface area contributed by atoms with Gasteiger partial charge in [-0.25, -0.2) is 8.78 Å². The van der Waals surface area contributed by atoms with E-state index in [1.807, 2.05) is 0 Å². The number of ether oxygens (including phenoxy) is 1. The molecule has 6 heteroatoms. The van der Waals surface area contributed by atoms with Gasteiger partial charge in [-0.3, -0.25) is 10.1 Å². The molecule has 0 bridgehead atoms. The Kier molecular flexibility index (Phi) is 3.76. The van der Waals surface area contributed by atoms with Gasteiger partial charge in [0.15, 0.2) is 0 Å². The second-order valence-corrected chi connectivity index (χ2v) is 4.00. The number of benzene rings is 1. The van der Waals surface area contributed by atoms with Crippen LogP contribution in [0.5, 0.6) is 5.75 Å². The molecule has 98 valence electrons. The number of halogens is 2. The lowest BCUT2D eigenvalue weighted by atomic mass is 10.1. The number of hydrogen-bond donors (Lipinski definition) is 1. The van der Waals surface area contributed by atoms with Gasteiger partial charge in [0.2, 0.25) is 5.91 Å². The van der Waals surface area contributed by atoms with Crippen LogP contribution in [0.2, 0.25) is 0 Å². The summed E-state index contributed by atoms with van der Waals surface area (Å²) in [7, 11) is 1.53. The van der Waals surface area contributed by atoms with Crippen molar-refractivity contribution in [1.29, 1.82) is 0 Å². The van der Waals surface area contributed by atoms with Crippen molar-refractivity contribution >= 4 is 5.91 Å². The molecule has 1 saturated heterocycles. The third-order valence-electron chi connectivity index (χ3n) is 2.82. The maximum absolute atomic E-state index is 12.4.